The molecule has 0 amide bonds. The first-order chi connectivity index (χ1) is 7.92. The number of rotatable bonds is 4. The molecule has 1 fully saturated rings. The molecule has 0 spiro atoms. The molecular weight excluding hydrogens is 231 g/mol. The predicted molar refractivity (Wildman–Crippen MR) is 56.0 cm³/mol. The average Bonchev–Trinajstić information content (AvgIpc) is 2.24. The van der Waals surface area contributed by atoms with Gasteiger partial charge in [-0.25, -0.2) is 0 Å². The first-order valence-corrected chi connectivity index (χ1v) is 5.90. The van der Waals surface area contributed by atoms with Crippen molar-refractivity contribution in [2.75, 3.05) is 0 Å². The highest BCUT2D eigenvalue weighted by molar-refractivity contribution is 5.79. The maximum Gasteiger partial charge on any atom is 0.389 e. The molecule has 0 N–H and O–H groups in total. The molecule has 0 radical (unpaired) electrons. The van der Waals surface area contributed by atoms with Gasteiger partial charge in [-0.2, -0.15) is 18.4 Å². The van der Waals surface area contributed by atoms with Crippen molar-refractivity contribution in [3.05, 3.63) is 0 Å². The van der Waals surface area contributed by atoms with E-state index in [-0.39, 0.29) is 30.5 Å². The van der Waals surface area contributed by atoms with E-state index in [0.29, 0.717) is 25.7 Å². The Hall–Kier alpha value is -1.05. The minimum atomic E-state index is -4.14. The van der Waals surface area contributed by atoms with E-state index < -0.39 is 12.6 Å². The fraction of sp³-hybridized carbons (Fsp3) is 0.833. The monoisotopic (exact) mass is 247 g/mol. The van der Waals surface area contributed by atoms with Gasteiger partial charge in [0.15, 0.2) is 0 Å². The zero-order valence-electron chi connectivity index (χ0n) is 9.59. The molecule has 0 heterocycles. The molecule has 0 bridgehead atoms. The molecule has 1 aliphatic rings. The van der Waals surface area contributed by atoms with Crippen LogP contribution in [0.5, 0.6) is 0 Å². The van der Waals surface area contributed by atoms with Crippen LogP contribution in [-0.4, -0.2) is 12.0 Å². The summed E-state index contributed by atoms with van der Waals surface area (Å²) >= 11 is 0. The second-order valence-corrected chi connectivity index (χ2v) is 4.62. The van der Waals surface area contributed by atoms with E-state index in [1.807, 2.05) is 0 Å². The summed E-state index contributed by atoms with van der Waals surface area (Å²) in [5.74, 6) is -0.0235. The molecule has 2 nitrogen and oxygen atoms in total. The predicted octanol–water partition coefficient (Wildman–Crippen LogP) is 3.62. The lowest BCUT2D eigenvalue weighted by atomic mass is 9.78. The van der Waals surface area contributed by atoms with E-state index in [2.05, 4.69) is 6.07 Å². The van der Waals surface area contributed by atoms with Crippen LogP contribution in [0.25, 0.3) is 0 Å². The highest BCUT2D eigenvalue weighted by Crippen LogP contribution is 2.32. The molecule has 0 saturated heterocycles. The minimum absolute atomic E-state index is 0.00612. The fourth-order valence-electron chi connectivity index (χ4n) is 2.29. The third kappa shape index (κ3) is 5.20. The van der Waals surface area contributed by atoms with Crippen LogP contribution in [0.4, 0.5) is 13.2 Å². The Morgan fingerprint density at radius 1 is 1.35 bits per heavy atom. The van der Waals surface area contributed by atoms with Crippen molar-refractivity contribution in [1.29, 1.82) is 5.26 Å². The van der Waals surface area contributed by atoms with Crippen LogP contribution in [0, 0.1) is 23.2 Å². The summed E-state index contributed by atoms with van der Waals surface area (Å²) < 4.78 is 35.9. The lowest BCUT2D eigenvalue weighted by Crippen LogP contribution is -2.21. The molecule has 0 aromatic heterocycles. The number of alkyl halides is 3. The Bertz CT molecular complexity index is 296. The van der Waals surface area contributed by atoms with Gasteiger partial charge in [-0.3, -0.25) is 4.79 Å². The number of nitriles is 1. The minimum Gasteiger partial charge on any atom is -0.300 e. The van der Waals surface area contributed by atoms with Gasteiger partial charge in [0.1, 0.15) is 5.78 Å². The van der Waals surface area contributed by atoms with Crippen molar-refractivity contribution in [1.82, 2.24) is 0 Å². The van der Waals surface area contributed by atoms with Gasteiger partial charge in [0.25, 0.3) is 0 Å². The zero-order chi connectivity index (χ0) is 12.9. The highest BCUT2D eigenvalue weighted by Gasteiger charge is 2.29. The Labute approximate surface area is 98.8 Å². The molecule has 0 aromatic rings. The van der Waals surface area contributed by atoms with Gasteiger partial charge < -0.3 is 0 Å². The molecule has 0 aromatic carbocycles. The number of ketones is 1. The van der Waals surface area contributed by atoms with Crippen molar-refractivity contribution in [3.63, 3.8) is 0 Å². The van der Waals surface area contributed by atoms with Gasteiger partial charge >= 0.3 is 6.18 Å². The second-order valence-electron chi connectivity index (χ2n) is 4.62. The van der Waals surface area contributed by atoms with E-state index in [9.17, 15) is 18.0 Å². The van der Waals surface area contributed by atoms with Crippen LogP contribution in [0.1, 0.15) is 44.9 Å². The molecule has 1 saturated carbocycles. The van der Waals surface area contributed by atoms with Crippen LogP contribution in [0.2, 0.25) is 0 Å². The van der Waals surface area contributed by atoms with Crippen molar-refractivity contribution in [2.45, 2.75) is 51.1 Å². The van der Waals surface area contributed by atoms with Crippen molar-refractivity contribution >= 4 is 5.78 Å². The smallest absolute Gasteiger partial charge is 0.300 e. The molecule has 1 atom stereocenters. The van der Waals surface area contributed by atoms with Gasteiger partial charge in [0, 0.05) is 25.2 Å². The first kappa shape index (κ1) is 14.0. The highest BCUT2D eigenvalue weighted by atomic mass is 19.4. The van der Waals surface area contributed by atoms with Crippen LogP contribution in [-0.2, 0) is 4.79 Å². The van der Waals surface area contributed by atoms with E-state index in [1.54, 1.807) is 0 Å². The van der Waals surface area contributed by atoms with Crippen molar-refractivity contribution in [2.24, 2.45) is 11.8 Å². The molecule has 17 heavy (non-hydrogen) atoms. The summed E-state index contributed by atoms with van der Waals surface area (Å²) in [6.07, 6.45) is -2.41. The SMILES string of the molecule is N#CC(CCCC(F)(F)F)C1CCC(=O)CC1. The quantitative estimate of drug-likeness (QED) is 0.761. The van der Waals surface area contributed by atoms with Crippen molar-refractivity contribution < 1.29 is 18.0 Å². The molecule has 5 heteroatoms. The summed E-state index contributed by atoms with van der Waals surface area (Å²) in [6.45, 7) is 0. The van der Waals surface area contributed by atoms with Gasteiger partial charge in [-0.15, -0.1) is 0 Å². The molecule has 1 unspecified atom stereocenters. The lowest BCUT2D eigenvalue weighted by Gasteiger charge is -2.25. The number of carbonyl (C=O) groups excluding carboxylic acids is 1. The molecule has 0 aliphatic heterocycles. The van der Waals surface area contributed by atoms with Crippen LogP contribution >= 0.6 is 0 Å². The van der Waals surface area contributed by atoms with E-state index in [0.717, 1.165) is 0 Å². The second kappa shape index (κ2) is 6.04. The van der Waals surface area contributed by atoms with Gasteiger partial charge in [0.2, 0.25) is 0 Å². The van der Waals surface area contributed by atoms with Gasteiger partial charge in [-0.1, -0.05) is 0 Å². The summed E-state index contributed by atoms with van der Waals surface area (Å²) in [6, 6.07) is 2.09. The lowest BCUT2D eigenvalue weighted by molar-refractivity contribution is -0.136. The number of Topliss-reactive ketones (excluding diaryl/α,β-unsaturated/α-hetero) is 1. The topological polar surface area (TPSA) is 40.9 Å². The third-order valence-electron chi connectivity index (χ3n) is 3.30. The Kier molecular flexibility index (Phi) is 4.98. The van der Waals surface area contributed by atoms with Crippen LogP contribution < -0.4 is 0 Å². The Balaban J connectivity index is 2.34. The summed E-state index contributed by atoms with van der Waals surface area (Å²) in [5.41, 5.74) is 0. The standard InChI is InChI=1S/C12H16F3NO/c13-12(14,15)7-1-2-10(8-16)9-3-5-11(17)6-4-9/h9-10H,1-7H2. The number of hydrogen-bond acceptors (Lipinski definition) is 2. The molecule has 1 aliphatic carbocycles. The number of halogens is 3. The van der Waals surface area contributed by atoms with E-state index >= 15 is 0 Å². The molecule has 1 rings (SSSR count). The number of hydrogen-bond donors (Lipinski definition) is 0. The van der Waals surface area contributed by atoms with Crippen LogP contribution in [0.15, 0.2) is 0 Å². The molecular formula is C12H16F3NO. The maximum absolute atomic E-state index is 12.0. The Morgan fingerprint density at radius 2 is 1.94 bits per heavy atom. The number of carbonyl (C=O) groups is 1. The van der Waals surface area contributed by atoms with Gasteiger partial charge in [-0.05, 0) is 31.6 Å². The van der Waals surface area contributed by atoms with Crippen molar-refractivity contribution in [3.8, 4) is 6.07 Å². The van der Waals surface area contributed by atoms with E-state index in [1.165, 1.54) is 0 Å². The zero-order valence-corrected chi connectivity index (χ0v) is 9.59. The fourth-order valence-corrected chi connectivity index (χ4v) is 2.29. The summed E-state index contributed by atoms with van der Waals surface area (Å²) in [7, 11) is 0. The first-order valence-electron chi connectivity index (χ1n) is 5.90. The average molecular weight is 247 g/mol. The van der Waals surface area contributed by atoms with Gasteiger partial charge in [0.05, 0.1) is 6.07 Å². The Morgan fingerprint density at radius 3 is 2.41 bits per heavy atom. The normalized spacial score (nSPS) is 20.0. The largest absolute Gasteiger partial charge is 0.389 e. The van der Waals surface area contributed by atoms with Crippen LogP contribution in [0.3, 0.4) is 0 Å². The third-order valence-corrected chi connectivity index (χ3v) is 3.30. The summed E-state index contributed by atoms with van der Waals surface area (Å²) in [4.78, 5) is 11.0. The van der Waals surface area contributed by atoms with E-state index in [4.69, 9.17) is 5.26 Å². The maximum atomic E-state index is 12.0. The summed E-state index contributed by atoms with van der Waals surface area (Å²) in [5, 5.41) is 8.96. The molecule has 96 valence electrons. The number of nitrogens with zero attached hydrogens (tertiary/aromatic N) is 1.